The maximum absolute atomic E-state index is 11.6. The molecule has 3 N–H and O–H groups in total. The average molecular weight is 218 g/mol. The molecule has 0 spiro atoms. The first-order valence-corrected chi connectivity index (χ1v) is 5.18. The topological polar surface area (TPSA) is 79.8 Å². The van der Waals surface area contributed by atoms with Gasteiger partial charge in [-0.2, -0.15) is 10.2 Å². The zero-order chi connectivity index (χ0) is 11.6. The molecule has 0 aliphatic carbocycles. The highest BCUT2D eigenvalue weighted by Gasteiger charge is 2.35. The van der Waals surface area contributed by atoms with Crippen molar-refractivity contribution in [3.8, 4) is 0 Å². The summed E-state index contributed by atoms with van der Waals surface area (Å²) in [7, 11) is 0. The van der Waals surface area contributed by atoms with Gasteiger partial charge in [0.25, 0.3) is 5.91 Å². The monoisotopic (exact) mass is 218 g/mol. The van der Waals surface area contributed by atoms with Crippen molar-refractivity contribution in [2.45, 2.75) is 12.6 Å². The van der Waals surface area contributed by atoms with E-state index in [1.54, 1.807) is 12.1 Å². The van der Waals surface area contributed by atoms with Gasteiger partial charge in [0.15, 0.2) is 0 Å². The number of amides is 1. The highest BCUT2D eigenvalue weighted by Crippen LogP contribution is 2.38. The van der Waals surface area contributed by atoms with Crippen molar-refractivity contribution in [2.24, 2.45) is 16.0 Å². The molecule has 84 valence electrons. The second-order valence-electron chi connectivity index (χ2n) is 3.84. The van der Waals surface area contributed by atoms with Crippen LogP contribution in [0, 0.1) is 0 Å². The van der Waals surface area contributed by atoms with Gasteiger partial charge >= 0.3 is 0 Å². The lowest BCUT2D eigenvalue weighted by Crippen LogP contribution is -2.28. The maximum atomic E-state index is 11.6. The van der Waals surface area contributed by atoms with E-state index in [4.69, 9.17) is 5.73 Å². The zero-order valence-corrected chi connectivity index (χ0v) is 9.10. The Morgan fingerprint density at radius 1 is 1.38 bits per heavy atom. The minimum absolute atomic E-state index is 0.105. The largest absolute Gasteiger partial charge is 0.351 e. The van der Waals surface area contributed by atoms with Crippen LogP contribution in [0.5, 0.6) is 0 Å². The minimum Gasteiger partial charge on any atom is -0.351 e. The number of hydrogen-bond acceptors (Lipinski definition) is 4. The summed E-state index contributed by atoms with van der Waals surface area (Å²) >= 11 is 0. The summed E-state index contributed by atoms with van der Waals surface area (Å²) in [6, 6.07) is 7.29. The van der Waals surface area contributed by atoms with Crippen molar-refractivity contribution in [2.75, 3.05) is 13.1 Å². The molecule has 1 amide bonds. The molecule has 1 aromatic carbocycles. The third kappa shape index (κ3) is 2.09. The molecule has 1 aromatic rings. The van der Waals surface area contributed by atoms with E-state index in [0.29, 0.717) is 18.7 Å². The van der Waals surface area contributed by atoms with Gasteiger partial charge in [0, 0.05) is 24.2 Å². The van der Waals surface area contributed by atoms with Gasteiger partial charge < -0.3 is 11.1 Å². The Morgan fingerprint density at radius 3 is 2.50 bits per heavy atom. The van der Waals surface area contributed by atoms with Crippen molar-refractivity contribution in [1.29, 1.82) is 0 Å². The zero-order valence-electron chi connectivity index (χ0n) is 9.10. The molecule has 0 atom stereocenters. The molecule has 0 aromatic heterocycles. The summed E-state index contributed by atoms with van der Waals surface area (Å²) in [5.41, 5.74) is 6.55. The lowest BCUT2D eigenvalue weighted by Gasteiger charge is -2.06. The van der Waals surface area contributed by atoms with Gasteiger partial charge in [0.1, 0.15) is 0 Å². The fourth-order valence-corrected chi connectivity index (χ4v) is 1.42. The van der Waals surface area contributed by atoms with Crippen LogP contribution in [0.15, 0.2) is 34.5 Å². The normalized spacial score (nSPS) is 15.9. The van der Waals surface area contributed by atoms with E-state index in [1.807, 2.05) is 19.1 Å². The quantitative estimate of drug-likeness (QED) is 0.791. The Morgan fingerprint density at radius 2 is 2.00 bits per heavy atom. The first-order valence-electron chi connectivity index (χ1n) is 5.18. The molecule has 1 heterocycles. The van der Waals surface area contributed by atoms with Crippen LogP contribution in [0.2, 0.25) is 0 Å². The van der Waals surface area contributed by atoms with Gasteiger partial charge in [-0.25, -0.2) is 0 Å². The number of hydrogen-bond donors (Lipinski definition) is 2. The van der Waals surface area contributed by atoms with E-state index in [0.717, 1.165) is 5.56 Å². The van der Waals surface area contributed by atoms with Gasteiger partial charge in [0.05, 0.1) is 0 Å². The van der Waals surface area contributed by atoms with Crippen molar-refractivity contribution in [3.63, 3.8) is 0 Å². The molecule has 1 aliphatic rings. The second kappa shape index (κ2) is 4.02. The van der Waals surface area contributed by atoms with E-state index < -0.39 is 0 Å². The standard InChI is InChI=1S/C11H14N4O/c1-11(14-15-11)9-4-2-8(3-5-9)10(16)13-7-6-12/h2-5H,6-7,12H2,1H3,(H,13,16). The predicted octanol–water partition coefficient (Wildman–Crippen LogP) is 1.01. The Kier molecular flexibility index (Phi) is 2.70. The molecule has 1 aliphatic heterocycles. The van der Waals surface area contributed by atoms with Gasteiger partial charge in [-0.1, -0.05) is 12.1 Å². The third-order valence-electron chi connectivity index (χ3n) is 2.52. The molecule has 16 heavy (non-hydrogen) atoms. The lowest BCUT2D eigenvalue weighted by atomic mass is 10.0. The number of nitrogens with zero attached hydrogens (tertiary/aromatic N) is 2. The molecular formula is C11H14N4O. The van der Waals surface area contributed by atoms with Gasteiger partial charge in [-0.15, -0.1) is 0 Å². The van der Waals surface area contributed by atoms with Crippen LogP contribution in [0.4, 0.5) is 0 Å². The summed E-state index contributed by atoms with van der Waals surface area (Å²) in [6.45, 7) is 2.86. The molecule has 0 fully saturated rings. The minimum atomic E-state index is -0.383. The number of carbonyl (C=O) groups excluding carboxylic acids is 1. The first-order chi connectivity index (χ1) is 7.65. The van der Waals surface area contributed by atoms with Crippen molar-refractivity contribution >= 4 is 5.91 Å². The molecule has 0 unspecified atom stereocenters. The molecule has 0 saturated carbocycles. The average Bonchev–Trinajstić information content (AvgIpc) is 3.06. The molecule has 2 rings (SSSR count). The maximum Gasteiger partial charge on any atom is 0.251 e. The highest BCUT2D eigenvalue weighted by atomic mass is 16.1. The first kappa shape index (κ1) is 10.8. The predicted molar refractivity (Wildman–Crippen MR) is 60.0 cm³/mol. The van der Waals surface area contributed by atoms with Gasteiger partial charge in [0.2, 0.25) is 5.66 Å². The number of rotatable bonds is 4. The summed E-state index contributed by atoms with van der Waals surface area (Å²) < 4.78 is 0. The molecule has 0 saturated heterocycles. The van der Waals surface area contributed by atoms with E-state index in [2.05, 4.69) is 15.5 Å². The van der Waals surface area contributed by atoms with Crippen LogP contribution >= 0.6 is 0 Å². The van der Waals surface area contributed by atoms with Crippen molar-refractivity contribution in [1.82, 2.24) is 5.32 Å². The summed E-state index contributed by atoms with van der Waals surface area (Å²) in [5.74, 6) is -0.105. The molecule has 5 nitrogen and oxygen atoms in total. The van der Waals surface area contributed by atoms with Crippen LogP contribution in [-0.2, 0) is 5.66 Å². The highest BCUT2D eigenvalue weighted by molar-refractivity contribution is 5.94. The molecule has 5 heteroatoms. The van der Waals surface area contributed by atoms with E-state index >= 15 is 0 Å². The Labute approximate surface area is 93.7 Å². The number of benzene rings is 1. The summed E-state index contributed by atoms with van der Waals surface area (Å²) in [6.07, 6.45) is 0. The lowest BCUT2D eigenvalue weighted by molar-refractivity contribution is 0.0954. The van der Waals surface area contributed by atoms with E-state index in [1.165, 1.54) is 0 Å². The number of nitrogens with one attached hydrogen (secondary N) is 1. The van der Waals surface area contributed by atoms with Crippen LogP contribution in [0.3, 0.4) is 0 Å². The number of carbonyl (C=O) groups is 1. The SMILES string of the molecule is CC1(c2ccc(C(=O)NCCN)cc2)N=N1. The van der Waals surface area contributed by atoms with E-state index in [9.17, 15) is 4.79 Å². The van der Waals surface area contributed by atoms with E-state index in [-0.39, 0.29) is 11.6 Å². The fourth-order valence-electron chi connectivity index (χ4n) is 1.42. The van der Waals surface area contributed by atoms with Gasteiger partial charge in [-0.05, 0) is 19.1 Å². The van der Waals surface area contributed by atoms with Crippen molar-refractivity contribution in [3.05, 3.63) is 35.4 Å². The fraction of sp³-hybridized carbons (Fsp3) is 0.364. The van der Waals surface area contributed by atoms with Crippen LogP contribution < -0.4 is 11.1 Å². The Hall–Kier alpha value is -1.75. The molecule has 0 bridgehead atoms. The van der Waals surface area contributed by atoms with Crippen LogP contribution in [0.25, 0.3) is 0 Å². The van der Waals surface area contributed by atoms with Gasteiger partial charge in [-0.3, -0.25) is 4.79 Å². The van der Waals surface area contributed by atoms with Crippen LogP contribution in [0.1, 0.15) is 22.8 Å². The third-order valence-corrected chi connectivity index (χ3v) is 2.52. The molecule has 0 radical (unpaired) electrons. The Bertz CT molecular complexity index is 418. The number of nitrogens with two attached hydrogens (primary N) is 1. The summed E-state index contributed by atoms with van der Waals surface area (Å²) in [5, 5.41) is 10.6. The molecular weight excluding hydrogens is 204 g/mol. The van der Waals surface area contributed by atoms with Crippen molar-refractivity contribution < 1.29 is 4.79 Å². The summed E-state index contributed by atoms with van der Waals surface area (Å²) in [4.78, 5) is 11.6. The Balaban J connectivity index is 2.04. The second-order valence-corrected chi connectivity index (χ2v) is 3.84. The van der Waals surface area contributed by atoms with Crippen LogP contribution in [-0.4, -0.2) is 19.0 Å². The smallest absolute Gasteiger partial charge is 0.251 e.